The van der Waals surface area contributed by atoms with Crippen molar-refractivity contribution in [1.29, 1.82) is 0 Å². The number of nitrogens with zero attached hydrogens (tertiary/aromatic N) is 2. The van der Waals surface area contributed by atoms with Gasteiger partial charge in [-0.15, -0.1) is 0 Å². The van der Waals surface area contributed by atoms with E-state index in [9.17, 15) is 23.3 Å². The molecule has 0 bridgehead atoms. The fraction of sp³-hybridized carbons (Fsp3) is 0.235. The SMILES string of the molecule is Cc1ccc(CNC(=O)CN(C)S(=O)(=O)c2cccc([N+](=O)[O-])c2)cc1. The number of likely N-dealkylation sites (N-methyl/N-ethyl adjacent to an activating group) is 1. The van der Waals surface area contributed by atoms with Crippen molar-refractivity contribution in [3.63, 3.8) is 0 Å². The van der Waals surface area contributed by atoms with Gasteiger partial charge in [0.2, 0.25) is 15.9 Å². The number of amides is 1. The van der Waals surface area contributed by atoms with Crippen molar-refractivity contribution in [3.8, 4) is 0 Å². The average Bonchev–Trinajstić information content (AvgIpc) is 2.61. The van der Waals surface area contributed by atoms with Gasteiger partial charge in [-0.3, -0.25) is 14.9 Å². The van der Waals surface area contributed by atoms with Crippen LogP contribution >= 0.6 is 0 Å². The Morgan fingerprint density at radius 1 is 1.19 bits per heavy atom. The van der Waals surface area contributed by atoms with Crippen LogP contribution in [-0.2, 0) is 21.4 Å². The number of carbonyl (C=O) groups is 1. The number of nitro groups is 1. The van der Waals surface area contributed by atoms with Gasteiger partial charge in [-0.05, 0) is 18.6 Å². The van der Waals surface area contributed by atoms with Gasteiger partial charge >= 0.3 is 0 Å². The van der Waals surface area contributed by atoms with Crippen LogP contribution in [0.5, 0.6) is 0 Å². The van der Waals surface area contributed by atoms with Gasteiger partial charge in [-0.2, -0.15) is 4.31 Å². The molecule has 2 aromatic rings. The Labute approximate surface area is 151 Å². The number of benzene rings is 2. The van der Waals surface area contributed by atoms with Crippen molar-refractivity contribution in [2.75, 3.05) is 13.6 Å². The molecule has 0 saturated carbocycles. The molecule has 2 aromatic carbocycles. The Morgan fingerprint density at radius 3 is 2.46 bits per heavy atom. The first-order chi connectivity index (χ1) is 12.2. The van der Waals surface area contributed by atoms with Gasteiger partial charge in [0.1, 0.15) is 0 Å². The average molecular weight is 377 g/mol. The van der Waals surface area contributed by atoms with Crippen molar-refractivity contribution in [2.24, 2.45) is 0 Å². The highest BCUT2D eigenvalue weighted by Gasteiger charge is 2.24. The van der Waals surface area contributed by atoms with E-state index in [1.807, 2.05) is 31.2 Å². The molecule has 1 amide bonds. The quantitative estimate of drug-likeness (QED) is 0.585. The van der Waals surface area contributed by atoms with E-state index in [4.69, 9.17) is 0 Å². The van der Waals surface area contributed by atoms with Crippen LogP contribution in [0.3, 0.4) is 0 Å². The van der Waals surface area contributed by atoms with Crippen LogP contribution < -0.4 is 5.32 Å². The molecule has 0 aromatic heterocycles. The minimum absolute atomic E-state index is 0.236. The van der Waals surface area contributed by atoms with E-state index in [2.05, 4.69) is 5.32 Å². The largest absolute Gasteiger partial charge is 0.351 e. The third-order valence-electron chi connectivity index (χ3n) is 3.71. The smallest absolute Gasteiger partial charge is 0.270 e. The minimum atomic E-state index is -4.01. The summed E-state index contributed by atoms with van der Waals surface area (Å²) in [5.74, 6) is -0.470. The number of nitrogens with one attached hydrogen (secondary N) is 1. The number of hydrogen-bond donors (Lipinski definition) is 1. The van der Waals surface area contributed by atoms with Crippen molar-refractivity contribution in [3.05, 3.63) is 69.8 Å². The molecule has 2 rings (SSSR count). The number of aryl methyl sites for hydroxylation is 1. The van der Waals surface area contributed by atoms with Crippen LogP contribution in [0.4, 0.5) is 5.69 Å². The third-order valence-corrected chi connectivity index (χ3v) is 5.51. The fourth-order valence-electron chi connectivity index (χ4n) is 2.19. The summed E-state index contributed by atoms with van der Waals surface area (Å²) in [6.45, 7) is 1.84. The summed E-state index contributed by atoms with van der Waals surface area (Å²) in [6, 6.07) is 12.3. The zero-order valence-electron chi connectivity index (χ0n) is 14.4. The second-order valence-electron chi connectivity index (χ2n) is 5.78. The van der Waals surface area contributed by atoms with Gasteiger partial charge < -0.3 is 5.32 Å². The summed E-state index contributed by atoms with van der Waals surface area (Å²) >= 11 is 0. The normalized spacial score (nSPS) is 11.3. The molecule has 0 heterocycles. The van der Waals surface area contributed by atoms with E-state index in [0.29, 0.717) is 0 Å². The van der Waals surface area contributed by atoms with Gasteiger partial charge in [0, 0.05) is 25.7 Å². The summed E-state index contributed by atoms with van der Waals surface area (Å²) < 4.78 is 25.8. The standard InChI is InChI=1S/C17H19N3O5S/c1-13-6-8-14(9-7-13)11-18-17(21)12-19(2)26(24,25)16-5-3-4-15(10-16)20(22)23/h3-10H,11-12H2,1-2H3,(H,18,21). The molecular formula is C17H19N3O5S. The molecule has 8 nitrogen and oxygen atoms in total. The maximum absolute atomic E-state index is 12.5. The van der Waals surface area contributed by atoms with Crippen LogP contribution in [-0.4, -0.2) is 37.1 Å². The zero-order chi connectivity index (χ0) is 19.3. The maximum Gasteiger partial charge on any atom is 0.270 e. The lowest BCUT2D eigenvalue weighted by atomic mass is 10.1. The number of hydrogen-bond acceptors (Lipinski definition) is 5. The molecule has 0 atom stereocenters. The van der Waals surface area contributed by atoms with Gasteiger partial charge in [0.05, 0.1) is 16.4 Å². The monoisotopic (exact) mass is 377 g/mol. The third kappa shape index (κ3) is 4.87. The Hall–Kier alpha value is -2.78. The lowest BCUT2D eigenvalue weighted by molar-refractivity contribution is -0.385. The van der Waals surface area contributed by atoms with Crippen molar-refractivity contribution in [2.45, 2.75) is 18.4 Å². The van der Waals surface area contributed by atoms with Gasteiger partial charge in [0.15, 0.2) is 0 Å². The lowest BCUT2D eigenvalue weighted by Gasteiger charge is -2.17. The molecule has 0 saturated heterocycles. The Kier molecular flexibility index (Phi) is 6.06. The number of sulfonamides is 1. The van der Waals surface area contributed by atoms with Crippen LogP contribution in [0.15, 0.2) is 53.4 Å². The Morgan fingerprint density at radius 2 is 1.85 bits per heavy atom. The van der Waals surface area contributed by atoms with Crippen LogP contribution in [0, 0.1) is 17.0 Å². The van der Waals surface area contributed by atoms with E-state index in [1.165, 1.54) is 25.2 Å². The van der Waals surface area contributed by atoms with Crippen LogP contribution in [0.1, 0.15) is 11.1 Å². The molecule has 26 heavy (non-hydrogen) atoms. The molecule has 0 aliphatic heterocycles. The lowest BCUT2D eigenvalue weighted by Crippen LogP contribution is -2.38. The second kappa shape index (κ2) is 8.07. The Bertz CT molecular complexity index is 910. The summed E-state index contributed by atoms with van der Waals surface area (Å²) in [7, 11) is -2.76. The molecule has 0 aliphatic rings. The molecule has 138 valence electrons. The molecular weight excluding hydrogens is 358 g/mol. The van der Waals surface area contributed by atoms with Gasteiger partial charge in [0.25, 0.3) is 5.69 Å². The molecule has 0 radical (unpaired) electrons. The van der Waals surface area contributed by atoms with E-state index < -0.39 is 27.4 Å². The van der Waals surface area contributed by atoms with E-state index in [-0.39, 0.29) is 17.1 Å². The zero-order valence-corrected chi connectivity index (χ0v) is 15.2. The van der Waals surface area contributed by atoms with Gasteiger partial charge in [-0.1, -0.05) is 35.9 Å². The number of nitro benzene ring substituents is 1. The molecule has 1 N–H and O–H groups in total. The number of non-ortho nitro benzene ring substituents is 1. The minimum Gasteiger partial charge on any atom is -0.351 e. The highest BCUT2D eigenvalue weighted by Crippen LogP contribution is 2.20. The summed E-state index contributed by atoms with van der Waals surface area (Å²) in [5, 5.41) is 13.5. The maximum atomic E-state index is 12.5. The number of carbonyl (C=O) groups excluding carboxylic acids is 1. The first-order valence-corrected chi connectivity index (χ1v) is 9.17. The second-order valence-corrected chi connectivity index (χ2v) is 7.82. The first kappa shape index (κ1) is 19.5. The predicted molar refractivity (Wildman–Crippen MR) is 95.9 cm³/mol. The summed E-state index contributed by atoms with van der Waals surface area (Å²) in [6.07, 6.45) is 0. The van der Waals surface area contributed by atoms with Crippen molar-refractivity contribution >= 4 is 21.6 Å². The van der Waals surface area contributed by atoms with Crippen molar-refractivity contribution < 1.29 is 18.1 Å². The van der Waals surface area contributed by atoms with Crippen LogP contribution in [0.25, 0.3) is 0 Å². The molecule has 0 fully saturated rings. The topological polar surface area (TPSA) is 110 Å². The van der Waals surface area contributed by atoms with E-state index in [0.717, 1.165) is 21.5 Å². The predicted octanol–water partition coefficient (Wildman–Crippen LogP) is 1.84. The molecule has 9 heteroatoms. The first-order valence-electron chi connectivity index (χ1n) is 7.73. The number of rotatable bonds is 7. The van der Waals surface area contributed by atoms with E-state index >= 15 is 0 Å². The summed E-state index contributed by atoms with van der Waals surface area (Å²) in [4.78, 5) is 21.9. The highest BCUT2D eigenvalue weighted by atomic mass is 32.2. The molecule has 0 aliphatic carbocycles. The van der Waals surface area contributed by atoms with E-state index in [1.54, 1.807) is 0 Å². The molecule has 0 spiro atoms. The highest BCUT2D eigenvalue weighted by molar-refractivity contribution is 7.89. The molecule has 0 unspecified atom stereocenters. The summed E-state index contributed by atoms with van der Waals surface area (Å²) in [5.41, 5.74) is 1.67. The Balaban J connectivity index is 2.01. The van der Waals surface area contributed by atoms with Gasteiger partial charge in [-0.25, -0.2) is 8.42 Å². The van der Waals surface area contributed by atoms with Crippen LogP contribution in [0.2, 0.25) is 0 Å². The van der Waals surface area contributed by atoms with Crippen molar-refractivity contribution in [1.82, 2.24) is 9.62 Å². The fourth-order valence-corrected chi connectivity index (χ4v) is 3.35.